The van der Waals surface area contributed by atoms with Crippen LogP contribution < -0.4 is 4.72 Å². The third-order valence-electron chi connectivity index (χ3n) is 3.47. The van der Waals surface area contributed by atoms with Crippen LogP contribution in [0.4, 0.5) is 0 Å². The van der Waals surface area contributed by atoms with Gasteiger partial charge in [-0.05, 0) is 50.2 Å². The molecular weight excluding hydrogens is 288 g/mol. The van der Waals surface area contributed by atoms with E-state index in [4.69, 9.17) is 0 Å². The summed E-state index contributed by atoms with van der Waals surface area (Å²) in [5, 5.41) is 9.28. The third kappa shape index (κ3) is 5.07. The van der Waals surface area contributed by atoms with Gasteiger partial charge in [0.2, 0.25) is 10.0 Å². The summed E-state index contributed by atoms with van der Waals surface area (Å²) in [7, 11) is 0.245. The molecule has 0 aliphatic carbocycles. The molecule has 0 radical (unpaired) electrons. The van der Waals surface area contributed by atoms with Gasteiger partial charge in [0.15, 0.2) is 0 Å². The molecular formula is C15H26N2O3S. The SMILES string of the molecule is Cc1ccc(S(=O)(=O)NC(CN(C)C)C(C)C)cc1CO. The first-order chi connectivity index (χ1) is 9.67. The zero-order valence-corrected chi connectivity index (χ0v) is 14.2. The van der Waals surface area contributed by atoms with E-state index in [2.05, 4.69) is 4.72 Å². The monoisotopic (exact) mass is 314 g/mol. The second kappa shape index (κ2) is 7.35. The van der Waals surface area contributed by atoms with Gasteiger partial charge in [0, 0.05) is 12.6 Å². The lowest BCUT2D eigenvalue weighted by Gasteiger charge is -2.25. The van der Waals surface area contributed by atoms with Crippen molar-refractivity contribution in [2.45, 2.75) is 38.3 Å². The van der Waals surface area contributed by atoms with Crippen molar-refractivity contribution in [1.29, 1.82) is 0 Å². The Balaban J connectivity index is 3.04. The van der Waals surface area contributed by atoms with Gasteiger partial charge in [-0.2, -0.15) is 0 Å². The molecule has 0 spiro atoms. The molecule has 0 fully saturated rings. The number of aliphatic hydroxyl groups excluding tert-OH is 1. The molecule has 6 heteroatoms. The first-order valence-corrected chi connectivity index (χ1v) is 8.53. The number of aliphatic hydroxyl groups is 1. The Bertz CT molecular complexity index is 568. The van der Waals surface area contributed by atoms with Gasteiger partial charge in [-0.1, -0.05) is 19.9 Å². The molecule has 0 saturated carbocycles. The second-order valence-electron chi connectivity index (χ2n) is 5.98. The van der Waals surface area contributed by atoms with E-state index in [1.165, 1.54) is 6.07 Å². The van der Waals surface area contributed by atoms with Crippen molar-refractivity contribution in [3.8, 4) is 0 Å². The number of aryl methyl sites for hydroxylation is 1. The Kier molecular flexibility index (Phi) is 6.34. The molecule has 0 aliphatic rings. The number of benzene rings is 1. The van der Waals surface area contributed by atoms with Crippen LogP contribution in [0, 0.1) is 12.8 Å². The summed E-state index contributed by atoms with van der Waals surface area (Å²) in [4.78, 5) is 2.16. The largest absolute Gasteiger partial charge is 0.392 e. The molecule has 120 valence electrons. The Labute approximate surface area is 128 Å². The minimum Gasteiger partial charge on any atom is -0.392 e. The molecule has 1 aromatic carbocycles. The van der Waals surface area contributed by atoms with Gasteiger partial charge in [-0.15, -0.1) is 0 Å². The molecule has 1 aromatic rings. The van der Waals surface area contributed by atoms with Crippen LogP contribution in [-0.4, -0.2) is 45.1 Å². The smallest absolute Gasteiger partial charge is 0.240 e. The molecule has 1 rings (SSSR count). The average molecular weight is 314 g/mol. The van der Waals surface area contributed by atoms with Crippen molar-refractivity contribution in [3.05, 3.63) is 29.3 Å². The number of hydrogen-bond donors (Lipinski definition) is 2. The quantitative estimate of drug-likeness (QED) is 0.797. The molecule has 5 nitrogen and oxygen atoms in total. The van der Waals surface area contributed by atoms with Gasteiger partial charge in [0.25, 0.3) is 0 Å². The molecule has 0 saturated heterocycles. The summed E-state index contributed by atoms with van der Waals surface area (Å²) >= 11 is 0. The summed E-state index contributed by atoms with van der Waals surface area (Å²) < 4.78 is 27.8. The number of rotatable bonds is 7. The lowest BCUT2D eigenvalue weighted by Crippen LogP contribution is -2.44. The van der Waals surface area contributed by atoms with Crippen molar-refractivity contribution in [1.82, 2.24) is 9.62 Å². The highest BCUT2D eigenvalue weighted by molar-refractivity contribution is 7.89. The number of hydrogen-bond acceptors (Lipinski definition) is 4. The van der Waals surface area contributed by atoms with Crippen LogP contribution in [0.25, 0.3) is 0 Å². The van der Waals surface area contributed by atoms with Gasteiger partial charge in [-0.25, -0.2) is 13.1 Å². The van der Waals surface area contributed by atoms with Crippen LogP contribution in [-0.2, 0) is 16.6 Å². The highest BCUT2D eigenvalue weighted by Gasteiger charge is 2.23. The van der Waals surface area contributed by atoms with Crippen LogP contribution in [0.2, 0.25) is 0 Å². The predicted molar refractivity (Wildman–Crippen MR) is 84.6 cm³/mol. The first kappa shape index (κ1) is 18.1. The number of likely N-dealkylation sites (N-methyl/N-ethyl adjacent to an activating group) is 1. The highest BCUT2D eigenvalue weighted by atomic mass is 32.2. The van der Waals surface area contributed by atoms with Crippen LogP contribution in [0.15, 0.2) is 23.1 Å². The fourth-order valence-corrected chi connectivity index (χ4v) is 3.46. The highest BCUT2D eigenvalue weighted by Crippen LogP contribution is 2.17. The Morgan fingerprint density at radius 1 is 1.29 bits per heavy atom. The zero-order valence-electron chi connectivity index (χ0n) is 13.4. The summed E-state index contributed by atoms with van der Waals surface area (Å²) in [6, 6.07) is 4.66. The predicted octanol–water partition coefficient (Wildman–Crippen LogP) is 1.35. The van der Waals surface area contributed by atoms with Crippen molar-refractivity contribution in [2.24, 2.45) is 5.92 Å². The van der Waals surface area contributed by atoms with Gasteiger partial charge in [-0.3, -0.25) is 0 Å². The van der Waals surface area contributed by atoms with E-state index in [0.717, 1.165) is 5.56 Å². The maximum Gasteiger partial charge on any atom is 0.240 e. The minimum absolute atomic E-state index is 0.163. The topological polar surface area (TPSA) is 69.6 Å². The zero-order chi connectivity index (χ0) is 16.2. The van der Waals surface area contributed by atoms with Gasteiger partial charge < -0.3 is 10.0 Å². The molecule has 0 aliphatic heterocycles. The summed E-state index contributed by atoms with van der Waals surface area (Å²) in [5.41, 5.74) is 1.51. The maximum absolute atomic E-state index is 12.5. The average Bonchev–Trinajstić information content (AvgIpc) is 2.37. The molecule has 2 N–H and O–H groups in total. The van der Waals surface area contributed by atoms with E-state index in [-0.39, 0.29) is 23.5 Å². The summed E-state index contributed by atoms with van der Waals surface area (Å²) in [6.45, 7) is 6.30. The fraction of sp³-hybridized carbons (Fsp3) is 0.600. The number of sulfonamides is 1. The van der Waals surface area contributed by atoms with E-state index >= 15 is 0 Å². The second-order valence-corrected chi connectivity index (χ2v) is 7.69. The summed E-state index contributed by atoms with van der Waals surface area (Å²) in [6.07, 6.45) is 0. The normalized spacial score (nSPS) is 13.9. The molecule has 21 heavy (non-hydrogen) atoms. The maximum atomic E-state index is 12.5. The van der Waals surface area contributed by atoms with Gasteiger partial charge >= 0.3 is 0 Å². The Morgan fingerprint density at radius 2 is 1.90 bits per heavy atom. The van der Waals surface area contributed by atoms with E-state index in [9.17, 15) is 13.5 Å². The van der Waals surface area contributed by atoms with Crippen LogP contribution in [0.1, 0.15) is 25.0 Å². The molecule has 0 amide bonds. The van der Waals surface area contributed by atoms with Gasteiger partial charge in [0.05, 0.1) is 11.5 Å². The lowest BCUT2D eigenvalue weighted by molar-refractivity contribution is 0.280. The number of nitrogens with one attached hydrogen (secondary N) is 1. The molecule has 0 heterocycles. The van der Waals surface area contributed by atoms with Crippen molar-refractivity contribution >= 4 is 10.0 Å². The summed E-state index contributed by atoms with van der Waals surface area (Å²) in [5.74, 6) is 0.185. The van der Waals surface area contributed by atoms with Crippen LogP contribution in [0.5, 0.6) is 0 Å². The molecule has 0 aromatic heterocycles. The van der Waals surface area contributed by atoms with Crippen LogP contribution >= 0.6 is 0 Å². The Hall–Kier alpha value is -0.950. The first-order valence-electron chi connectivity index (χ1n) is 7.05. The number of nitrogens with zero attached hydrogens (tertiary/aromatic N) is 1. The molecule has 0 bridgehead atoms. The van der Waals surface area contributed by atoms with Crippen molar-refractivity contribution in [2.75, 3.05) is 20.6 Å². The van der Waals surface area contributed by atoms with E-state index in [1.54, 1.807) is 12.1 Å². The van der Waals surface area contributed by atoms with Crippen molar-refractivity contribution < 1.29 is 13.5 Å². The van der Waals surface area contributed by atoms with E-state index < -0.39 is 10.0 Å². The van der Waals surface area contributed by atoms with Crippen molar-refractivity contribution in [3.63, 3.8) is 0 Å². The molecule has 1 unspecified atom stereocenters. The van der Waals surface area contributed by atoms with Crippen LogP contribution in [0.3, 0.4) is 0 Å². The van der Waals surface area contributed by atoms with Gasteiger partial charge in [0.1, 0.15) is 0 Å². The van der Waals surface area contributed by atoms with E-state index in [1.807, 2.05) is 39.8 Å². The van der Waals surface area contributed by atoms with E-state index in [0.29, 0.717) is 12.1 Å². The minimum atomic E-state index is -3.59. The third-order valence-corrected chi connectivity index (χ3v) is 4.96. The Morgan fingerprint density at radius 3 is 2.38 bits per heavy atom. The molecule has 1 atom stereocenters. The standard InChI is InChI=1S/C15H26N2O3S/c1-11(2)15(9-17(4)5)16-21(19,20)14-7-6-12(3)13(8-14)10-18/h6-8,11,15-16,18H,9-10H2,1-5H3. The fourth-order valence-electron chi connectivity index (χ4n) is 2.03. The lowest BCUT2D eigenvalue weighted by atomic mass is 10.1.